The summed E-state index contributed by atoms with van der Waals surface area (Å²) in [7, 11) is -3.64. The molecular formula is C20H26F3IN4O2S. The first-order valence-electron chi connectivity index (χ1n) is 9.72. The standard InChI is InChI=1S/C20H25F3N4O2S.HI/c1-24-19(25-11-8-15-6-7-16-4-2-3-5-17(16)14-15)26-18-9-12-27(13-10-18)30(28,29)20(21,22)23;/h2-7,14,18H,8-13H2,1H3,(H2,24,25,26);1H. The number of fused-ring (bicyclic) bond motifs is 1. The van der Waals surface area contributed by atoms with Crippen molar-refractivity contribution >= 4 is 50.7 Å². The molecular weight excluding hydrogens is 544 g/mol. The molecule has 2 N–H and O–H groups in total. The Morgan fingerprint density at radius 1 is 1.13 bits per heavy atom. The highest BCUT2D eigenvalue weighted by Gasteiger charge is 2.50. The fourth-order valence-electron chi connectivity index (χ4n) is 3.49. The summed E-state index contributed by atoms with van der Waals surface area (Å²) in [5, 5.41) is 8.74. The predicted octanol–water partition coefficient (Wildman–Crippen LogP) is 3.48. The highest BCUT2D eigenvalue weighted by atomic mass is 127. The van der Waals surface area contributed by atoms with Gasteiger partial charge in [-0.15, -0.1) is 24.0 Å². The second kappa shape index (κ2) is 10.8. The van der Waals surface area contributed by atoms with Crippen LogP contribution in [0.3, 0.4) is 0 Å². The lowest BCUT2D eigenvalue weighted by molar-refractivity contribution is -0.0494. The van der Waals surface area contributed by atoms with Gasteiger partial charge in [-0.2, -0.15) is 17.5 Å². The maximum Gasteiger partial charge on any atom is 0.511 e. The van der Waals surface area contributed by atoms with Gasteiger partial charge in [0.05, 0.1) is 0 Å². The fourth-order valence-corrected chi connectivity index (χ4v) is 4.48. The van der Waals surface area contributed by atoms with Crippen molar-refractivity contribution in [3.8, 4) is 0 Å². The van der Waals surface area contributed by atoms with E-state index in [4.69, 9.17) is 0 Å². The molecule has 0 radical (unpaired) electrons. The number of sulfonamides is 1. The third-order valence-electron chi connectivity index (χ3n) is 5.17. The average molecular weight is 570 g/mol. The summed E-state index contributed by atoms with van der Waals surface area (Å²) >= 11 is 0. The number of piperidine rings is 1. The predicted molar refractivity (Wildman–Crippen MR) is 127 cm³/mol. The Morgan fingerprint density at radius 2 is 1.77 bits per heavy atom. The molecule has 0 aromatic heterocycles. The lowest BCUT2D eigenvalue weighted by Gasteiger charge is -2.32. The molecule has 31 heavy (non-hydrogen) atoms. The van der Waals surface area contributed by atoms with Gasteiger partial charge in [0.25, 0.3) is 0 Å². The molecule has 172 valence electrons. The van der Waals surface area contributed by atoms with E-state index >= 15 is 0 Å². The first-order valence-corrected chi connectivity index (χ1v) is 11.2. The molecule has 0 aliphatic carbocycles. The van der Waals surface area contributed by atoms with Crippen LogP contribution < -0.4 is 10.6 Å². The largest absolute Gasteiger partial charge is 0.511 e. The van der Waals surface area contributed by atoms with Crippen LogP contribution in [0.25, 0.3) is 10.8 Å². The molecule has 1 heterocycles. The molecule has 0 spiro atoms. The van der Waals surface area contributed by atoms with Gasteiger partial charge in [0.15, 0.2) is 5.96 Å². The second-order valence-corrected chi connectivity index (χ2v) is 9.13. The van der Waals surface area contributed by atoms with Crippen molar-refractivity contribution in [2.24, 2.45) is 4.99 Å². The van der Waals surface area contributed by atoms with Crippen molar-refractivity contribution < 1.29 is 21.6 Å². The summed E-state index contributed by atoms with van der Waals surface area (Å²) in [5.74, 6) is 0.549. The first kappa shape index (κ1) is 25.7. The topological polar surface area (TPSA) is 73.8 Å². The van der Waals surface area contributed by atoms with E-state index in [0.29, 0.717) is 16.8 Å². The summed E-state index contributed by atoms with van der Waals surface area (Å²) in [6.45, 7) is 0.292. The summed E-state index contributed by atoms with van der Waals surface area (Å²) in [5.41, 5.74) is -4.07. The van der Waals surface area contributed by atoms with E-state index < -0.39 is 15.5 Å². The van der Waals surface area contributed by atoms with Crippen LogP contribution in [0, 0.1) is 0 Å². The summed E-state index contributed by atoms with van der Waals surface area (Å²) in [6.07, 6.45) is 1.34. The van der Waals surface area contributed by atoms with E-state index in [1.165, 1.54) is 16.3 Å². The zero-order valence-electron chi connectivity index (χ0n) is 17.0. The molecule has 11 heteroatoms. The SMILES string of the molecule is CN=C(NCCc1ccc2ccccc2c1)NC1CCN(S(=O)(=O)C(F)(F)F)CC1.I. The minimum Gasteiger partial charge on any atom is -0.356 e. The quantitative estimate of drug-likeness (QED) is 0.328. The van der Waals surface area contributed by atoms with Crippen molar-refractivity contribution in [3.63, 3.8) is 0 Å². The third kappa shape index (κ3) is 6.45. The fraction of sp³-hybridized carbons (Fsp3) is 0.450. The lowest BCUT2D eigenvalue weighted by Crippen LogP contribution is -2.51. The van der Waals surface area contributed by atoms with Crippen LogP contribution >= 0.6 is 24.0 Å². The average Bonchev–Trinajstić information content (AvgIpc) is 2.72. The van der Waals surface area contributed by atoms with Crippen LogP contribution in [0.1, 0.15) is 18.4 Å². The van der Waals surface area contributed by atoms with E-state index in [1.54, 1.807) is 7.05 Å². The Balaban J connectivity index is 0.00000341. The zero-order valence-corrected chi connectivity index (χ0v) is 20.2. The lowest BCUT2D eigenvalue weighted by atomic mass is 10.1. The van der Waals surface area contributed by atoms with Crippen LogP contribution in [-0.2, 0) is 16.4 Å². The van der Waals surface area contributed by atoms with Crippen molar-refractivity contribution in [1.29, 1.82) is 0 Å². The van der Waals surface area contributed by atoms with E-state index in [-0.39, 0.29) is 55.9 Å². The highest BCUT2D eigenvalue weighted by Crippen LogP contribution is 2.28. The van der Waals surface area contributed by atoms with Crippen LogP contribution in [0.5, 0.6) is 0 Å². The molecule has 2 aromatic carbocycles. The van der Waals surface area contributed by atoms with Crippen molar-refractivity contribution in [1.82, 2.24) is 14.9 Å². The van der Waals surface area contributed by atoms with Crippen LogP contribution in [-0.4, -0.2) is 56.9 Å². The number of nitrogens with one attached hydrogen (secondary N) is 2. The Morgan fingerprint density at radius 3 is 2.39 bits per heavy atom. The van der Waals surface area contributed by atoms with Gasteiger partial charge in [0.2, 0.25) is 0 Å². The van der Waals surface area contributed by atoms with E-state index in [9.17, 15) is 21.6 Å². The zero-order chi connectivity index (χ0) is 21.8. The van der Waals surface area contributed by atoms with Crippen molar-refractivity contribution in [2.45, 2.75) is 30.8 Å². The first-order chi connectivity index (χ1) is 14.2. The number of rotatable bonds is 5. The van der Waals surface area contributed by atoms with Gasteiger partial charge in [-0.1, -0.05) is 42.5 Å². The Kier molecular flexibility index (Phi) is 8.95. The molecule has 1 aliphatic heterocycles. The number of hydrogen-bond donors (Lipinski definition) is 2. The van der Waals surface area contributed by atoms with Gasteiger partial charge in [-0.3, -0.25) is 4.99 Å². The monoisotopic (exact) mass is 570 g/mol. The molecule has 0 unspecified atom stereocenters. The molecule has 0 saturated carbocycles. The Bertz CT molecular complexity index is 1010. The van der Waals surface area contributed by atoms with Crippen LogP contribution in [0.2, 0.25) is 0 Å². The summed E-state index contributed by atoms with van der Waals surface area (Å²) in [6, 6.07) is 14.3. The number of nitrogens with zero attached hydrogens (tertiary/aromatic N) is 2. The summed E-state index contributed by atoms with van der Waals surface area (Å²) in [4.78, 5) is 4.15. The third-order valence-corrected chi connectivity index (χ3v) is 6.80. The second-order valence-electron chi connectivity index (χ2n) is 7.20. The van der Waals surface area contributed by atoms with E-state index in [1.807, 2.05) is 12.1 Å². The maximum atomic E-state index is 12.7. The molecule has 1 saturated heterocycles. The van der Waals surface area contributed by atoms with Gasteiger partial charge in [-0.05, 0) is 35.6 Å². The smallest absolute Gasteiger partial charge is 0.356 e. The van der Waals surface area contributed by atoms with Gasteiger partial charge < -0.3 is 10.6 Å². The van der Waals surface area contributed by atoms with Gasteiger partial charge in [0, 0.05) is 32.7 Å². The minimum absolute atomic E-state index is 0. The highest BCUT2D eigenvalue weighted by molar-refractivity contribution is 14.0. The van der Waals surface area contributed by atoms with Crippen molar-refractivity contribution in [2.75, 3.05) is 26.7 Å². The molecule has 2 aromatic rings. The van der Waals surface area contributed by atoms with Crippen LogP contribution in [0.15, 0.2) is 47.5 Å². The molecule has 1 aliphatic rings. The molecule has 0 bridgehead atoms. The molecule has 0 atom stereocenters. The minimum atomic E-state index is -5.26. The Labute approximate surface area is 197 Å². The number of hydrogen-bond acceptors (Lipinski definition) is 3. The number of guanidine groups is 1. The number of alkyl halides is 3. The van der Waals surface area contributed by atoms with Gasteiger partial charge in [0.1, 0.15) is 0 Å². The molecule has 1 fully saturated rings. The maximum absolute atomic E-state index is 12.7. The van der Waals surface area contributed by atoms with Crippen molar-refractivity contribution in [3.05, 3.63) is 48.0 Å². The molecule has 0 amide bonds. The number of halogens is 4. The van der Waals surface area contributed by atoms with Crippen LogP contribution in [0.4, 0.5) is 13.2 Å². The molecule has 3 rings (SSSR count). The Hall–Kier alpha value is -1.60. The van der Waals surface area contributed by atoms with Gasteiger partial charge in [-0.25, -0.2) is 8.42 Å². The normalized spacial score (nSPS) is 16.7. The number of benzene rings is 2. The van der Waals surface area contributed by atoms with Gasteiger partial charge >= 0.3 is 15.5 Å². The number of aliphatic imine (C=N–C) groups is 1. The van der Waals surface area contributed by atoms with E-state index in [2.05, 4.69) is 46.0 Å². The summed E-state index contributed by atoms with van der Waals surface area (Å²) < 4.78 is 61.5. The molecule has 6 nitrogen and oxygen atoms in total. The van der Waals surface area contributed by atoms with E-state index in [0.717, 1.165) is 6.42 Å².